The molecule has 1 aromatic carbocycles. The molecule has 0 aromatic heterocycles. The summed E-state index contributed by atoms with van der Waals surface area (Å²) in [7, 11) is 0. The molecule has 8 nitrogen and oxygen atoms in total. The highest BCUT2D eigenvalue weighted by atomic mass is 16.5. The van der Waals surface area contributed by atoms with E-state index < -0.39 is 0 Å². The van der Waals surface area contributed by atoms with Crippen molar-refractivity contribution in [3.8, 4) is 5.75 Å². The minimum atomic E-state index is -0.0179. The van der Waals surface area contributed by atoms with Crippen LogP contribution in [-0.2, 0) is 16.1 Å². The fourth-order valence-electron chi connectivity index (χ4n) is 5.69. The van der Waals surface area contributed by atoms with E-state index in [1.165, 1.54) is 44.9 Å². The lowest BCUT2D eigenvalue weighted by molar-refractivity contribution is -0.132. The maximum absolute atomic E-state index is 12.7. The van der Waals surface area contributed by atoms with Gasteiger partial charge in [0.05, 0.1) is 18.9 Å². The summed E-state index contributed by atoms with van der Waals surface area (Å²) in [5, 5.41) is 12.2. The first-order valence-corrected chi connectivity index (χ1v) is 14.4. The molecule has 2 aliphatic heterocycles. The standard InChI is InChI=1S/C29H44N4O4/c34-18-17-32(16-8-7-12-23-10-4-3-5-11-23)28(36)13-6-1-2-9-19-37-25-15-14-24-21-33-22-27(35)31-29(33)30-26(24)20-25/h14-15,20,23,34H,1-13,16-19,21-22H2,(H,30,31,35). The van der Waals surface area contributed by atoms with E-state index in [0.29, 0.717) is 38.6 Å². The number of amides is 2. The first kappa shape index (κ1) is 27.4. The molecule has 1 saturated carbocycles. The average Bonchev–Trinajstić information content (AvgIpc) is 3.27. The van der Waals surface area contributed by atoms with Crippen LogP contribution in [0, 0.1) is 5.92 Å². The number of aliphatic hydroxyl groups is 1. The Kier molecular flexibility index (Phi) is 10.6. The summed E-state index contributed by atoms with van der Waals surface area (Å²) in [4.78, 5) is 32.6. The number of nitrogens with zero attached hydrogens (tertiary/aromatic N) is 3. The Morgan fingerprint density at radius 3 is 2.73 bits per heavy atom. The van der Waals surface area contributed by atoms with E-state index in [2.05, 4.69) is 10.3 Å². The van der Waals surface area contributed by atoms with E-state index in [9.17, 15) is 14.7 Å². The van der Waals surface area contributed by atoms with Gasteiger partial charge in [-0.2, -0.15) is 0 Å². The summed E-state index contributed by atoms with van der Waals surface area (Å²) >= 11 is 0. The SMILES string of the molecule is O=C1CN2Cc3ccc(OCCCCCCC(=O)N(CCO)CCCCC4CCCCC4)cc3N=C2N1. The number of guanidine groups is 1. The predicted octanol–water partition coefficient (Wildman–Crippen LogP) is 4.52. The summed E-state index contributed by atoms with van der Waals surface area (Å²) in [5.74, 6) is 2.47. The van der Waals surface area contributed by atoms with Gasteiger partial charge in [-0.05, 0) is 36.8 Å². The maximum atomic E-state index is 12.7. The second kappa shape index (κ2) is 14.4. The van der Waals surface area contributed by atoms with Crippen molar-refractivity contribution in [2.24, 2.45) is 10.9 Å². The Labute approximate surface area is 221 Å². The number of benzene rings is 1. The fourth-order valence-corrected chi connectivity index (χ4v) is 5.69. The number of aliphatic hydroxyl groups excluding tert-OH is 1. The monoisotopic (exact) mass is 512 g/mol. The van der Waals surface area contributed by atoms with Crippen molar-refractivity contribution in [1.29, 1.82) is 0 Å². The highest BCUT2D eigenvalue weighted by Gasteiger charge is 2.29. The molecule has 37 heavy (non-hydrogen) atoms. The van der Waals surface area contributed by atoms with Gasteiger partial charge >= 0.3 is 0 Å². The molecule has 1 aliphatic carbocycles. The molecule has 0 spiro atoms. The lowest BCUT2D eigenvalue weighted by atomic mass is 9.86. The van der Waals surface area contributed by atoms with Gasteiger partial charge in [0.25, 0.3) is 0 Å². The number of ether oxygens (including phenoxy) is 1. The van der Waals surface area contributed by atoms with Crippen molar-refractivity contribution in [2.45, 2.75) is 90.0 Å². The number of carbonyl (C=O) groups is 2. The smallest absolute Gasteiger partial charge is 0.246 e. The summed E-state index contributed by atoms with van der Waals surface area (Å²) in [6, 6.07) is 5.93. The molecule has 1 aromatic rings. The van der Waals surface area contributed by atoms with Crippen LogP contribution in [0.5, 0.6) is 5.75 Å². The predicted molar refractivity (Wildman–Crippen MR) is 145 cm³/mol. The summed E-state index contributed by atoms with van der Waals surface area (Å²) < 4.78 is 5.93. The largest absolute Gasteiger partial charge is 0.494 e. The third-order valence-corrected chi connectivity index (χ3v) is 7.82. The average molecular weight is 513 g/mol. The number of fused-ring (bicyclic) bond motifs is 2. The van der Waals surface area contributed by atoms with Gasteiger partial charge in [0.1, 0.15) is 12.3 Å². The number of rotatable bonds is 15. The Morgan fingerprint density at radius 2 is 1.89 bits per heavy atom. The van der Waals surface area contributed by atoms with Crippen LogP contribution in [0.3, 0.4) is 0 Å². The Bertz CT molecular complexity index is 928. The zero-order valence-corrected chi connectivity index (χ0v) is 22.3. The molecule has 2 heterocycles. The molecule has 0 atom stereocenters. The minimum absolute atomic E-state index is 0.0179. The Morgan fingerprint density at radius 1 is 1.05 bits per heavy atom. The molecular formula is C29H44N4O4. The van der Waals surface area contributed by atoms with Crippen LogP contribution >= 0.6 is 0 Å². The highest BCUT2D eigenvalue weighted by molar-refractivity contribution is 6.05. The van der Waals surface area contributed by atoms with Crippen molar-refractivity contribution in [3.63, 3.8) is 0 Å². The number of hydrogen-bond donors (Lipinski definition) is 2. The van der Waals surface area contributed by atoms with Gasteiger partial charge < -0.3 is 19.6 Å². The quantitative estimate of drug-likeness (QED) is 0.337. The minimum Gasteiger partial charge on any atom is -0.494 e. The lowest BCUT2D eigenvalue weighted by Gasteiger charge is -2.24. The number of hydrogen-bond acceptors (Lipinski definition) is 6. The second-order valence-corrected chi connectivity index (χ2v) is 10.7. The van der Waals surface area contributed by atoms with Crippen LogP contribution in [-0.4, -0.2) is 65.5 Å². The van der Waals surface area contributed by atoms with Gasteiger partial charge in [0.15, 0.2) is 0 Å². The van der Waals surface area contributed by atoms with Crippen molar-refractivity contribution in [1.82, 2.24) is 15.1 Å². The van der Waals surface area contributed by atoms with E-state index in [-0.39, 0.29) is 18.4 Å². The van der Waals surface area contributed by atoms with Gasteiger partial charge in [-0.1, -0.05) is 63.9 Å². The molecule has 2 fully saturated rings. The number of unbranched alkanes of at least 4 members (excludes halogenated alkanes) is 4. The molecule has 0 radical (unpaired) electrons. The third-order valence-electron chi connectivity index (χ3n) is 7.82. The molecule has 8 heteroatoms. The molecule has 2 N–H and O–H groups in total. The van der Waals surface area contributed by atoms with Crippen molar-refractivity contribution in [2.75, 3.05) is 32.8 Å². The molecule has 3 aliphatic rings. The molecule has 0 bridgehead atoms. The Hall–Kier alpha value is -2.61. The number of carbonyl (C=O) groups excluding carboxylic acids is 2. The van der Waals surface area contributed by atoms with E-state index in [1.54, 1.807) is 0 Å². The normalized spacial score (nSPS) is 17.2. The lowest BCUT2D eigenvalue weighted by Crippen LogP contribution is -2.34. The van der Waals surface area contributed by atoms with Gasteiger partial charge in [-0.15, -0.1) is 0 Å². The zero-order valence-electron chi connectivity index (χ0n) is 22.3. The van der Waals surface area contributed by atoms with Gasteiger partial charge in [-0.3, -0.25) is 14.9 Å². The van der Waals surface area contributed by atoms with Crippen LogP contribution in [0.4, 0.5) is 5.69 Å². The highest BCUT2D eigenvalue weighted by Crippen LogP contribution is 2.31. The first-order valence-electron chi connectivity index (χ1n) is 14.4. The third kappa shape index (κ3) is 8.45. The van der Waals surface area contributed by atoms with Crippen molar-refractivity contribution >= 4 is 23.5 Å². The van der Waals surface area contributed by atoms with Gasteiger partial charge in [0.2, 0.25) is 17.8 Å². The fraction of sp³-hybridized carbons (Fsp3) is 0.690. The zero-order chi connectivity index (χ0) is 25.9. The van der Waals surface area contributed by atoms with E-state index in [0.717, 1.165) is 61.6 Å². The maximum Gasteiger partial charge on any atom is 0.246 e. The molecule has 0 unspecified atom stereocenters. The number of aliphatic imine (C=N–C) groups is 1. The van der Waals surface area contributed by atoms with Crippen LogP contribution < -0.4 is 10.1 Å². The van der Waals surface area contributed by atoms with Crippen LogP contribution in [0.15, 0.2) is 23.2 Å². The molecule has 204 valence electrons. The van der Waals surface area contributed by atoms with Crippen molar-refractivity contribution in [3.05, 3.63) is 23.8 Å². The topological polar surface area (TPSA) is 94.5 Å². The van der Waals surface area contributed by atoms with Crippen LogP contribution in [0.1, 0.15) is 89.0 Å². The summed E-state index contributed by atoms with van der Waals surface area (Å²) in [5.41, 5.74) is 1.95. The van der Waals surface area contributed by atoms with E-state index in [1.807, 2.05) is 28.0 Å². The second-order valence-electron chi connectivity index (χ2n) is 10.7. The van der Waals surface area contributed by atoms with Crippen LogP contribution in [0.25, 0.3) is 0 Å². The van der Waals surface area contributed by atoms with Crippen molar-refractivity contribution < 1.29 is 19.4 Å². The van der Waals surface area contributed by atoms with Gasteiger partial charge in [0, 0.05) is 32.1 Å². The van der Waals surface area contributed by atoms with E-state index in [4.69, 9.17) is 4.74 Å². The molecule has 2 amide bonds. The Balaban J connectivity index is 1.07. The molecule has 4 rings (SSSR count). The first-order chi connectivity index (χ1) is 18.1. The summed E-state index contributed by atoms with van der Waals surface area (Å²) in [6.45, 7) is 2.94. The summed E-state index contributed by atoms with van der Waals surface area (Å²) in [6.07, 6.45) is 14.8. The van der Waals surface area contributed by atoms with Crippen LogP contribution in [0.2, 0.25) is 0 Å². The molecule has 1 saturated heterocycles. The van der Waals surface area contributed by atoms with E-state index >= 15 is 0 Å². The molecular weight excluding hydrogens is 468 g/mol. The number of nitrogens with one attached hydrogen (secondary N) is 1. The van der Waals surface area contributed by atoms with Gasteiger partial charge in [-0.25, -0.2) is 4.99 Å².